The van der Waals surface area contributed by atoms with Crippen LogP contribution in [0.5, 0.6) is 0 Å². The molecule has 6 heteroatoms. The molecule has 0 aromatic rings. The van der Waals surface area contributed by atoms with Crippen molar-refractivity contribution in [1.29, 1.82) is 0 Å². The summed E-state index contributed by atoms with van der Waals surface area (Å²) in [6, 6.07) is -1.08. The van der Waals surface area contributed by atoms with Gasteiger partial charge in [-0.05, 0) is 51.6 Å². The van der Waals surface area contributed by atoms with Crippen LogP contribution in [-0.2, 0) is 4.79 Å². The lowest BCUT2D eigenvalue weighted by Crippen LogP contribution is -2.51. The van der Waals surface area contributed by atoms with Crippen molar-refractivity contribution in [3.8, 4) is 0 Å². The van der Waals surface area contributed by atoms with E-state index in [-0.39, 0.29) is 18.0 Å². The molecule has 2 rings (SSSR count). The topological polar surface area (TPSA) is 81.7 Å². The van der Waals surface area contributed by atoms with E-state index in [1.165, 1.54) is 19.3 Å². The van der Waals surface area contributed by atoms with Crippen molar-refractivity contribution in [3.63, 3.8) is 0 Å². The van der Waals surface area contributed by atoms with Crippen LogP contribution >= 0.6 is 0 Å². The van der Waals surface area contributed by atoms with E-state index < -0.39 is 12.0 Å². The summed E-state index contributed by atoms with van der Waals surface area (Å²) in [7, 11) is 0. The Hall–Kier alpha value is -1.30. The van der Waals surface area contributed by atoms with Crippen LogP contribution in [-0.4, -0.2) is 53.7 Å². The number of piperidine rings is 1. The number of hydrogen-bond donors (Lipinski definition) is 3. The summed E-state index contributed by atoms with van der Waals surface area (Å²) in [5.41, 5.74) is 0. The van der Waals surface area contributed by atoms with Gasteiger partial charge < -0.3 is 20.6 Å². The second-order valence-electron chi connectivity index (χ2n) is 6.03. The summed E-state index contributed by atoms with van der Waals surface area (Å²) in [6.45, 7) is 4.97. The molecule has 2 unspecified atom stereocenters. The molecular weight excluding hydrogens is 258 g/mol. The molecule has 0 spiro atoms. The van der Waals surface area contributed by atoms with Gasteiger partial charge in [0.15, 0.2) is 0 Å². The second-order valence-corrected chi connectivity index (χ2v) is 6.03. The fourth-order valence-corrected chi connectivity index (χ4v) is 2.79. The van der Waals surface area contributed by atoms with E-state index in [9.17, 15) is 9.59 Å². The monoisotopic (exact) mass is 283 g/mol. The molecule has 1 heterocycles. The zero-order valence-corrected chi connectivity index (χ0v) is 12.1. The van der Waals surface area contributed by atoms with E-state index >= 15 is 0 Å². The predicted molar refractivity (Wildman–Crippen MR) is 75.6 cm³/mol. The number of carboxylic acid groups (broad SMARTS) is 1. The standard InChI is InChI=1S/C14H25N3O3/c1-10(9-17-7-3-2-4-8-17)15-14(20)16-12(13(18)19)11-5-6-11/h10-12H,2-9H2,1H3,(H,18,19)(H2,15,16,20). The van der Waals surface area contributed by atoms with E-state index in [2.05, 4.69) is 15.5 Å². The Kier molecular flexibility index (Phi) is 5.23. The number of nitrogens with one attached hydrogen (secondary N) is 2. The van der Waals surface area contributed by atoms with E-state index in [4.69, 9.17) is 5.11 Å². The van der Waals surface area contributed by atoms with Crippen LogP contribution in [0.25, 0.3) is 0 Å². The van der Waals surface area contributed by atoms with Gasteiger partial charge in [0.2, 0.25) is 0 Å². The number of aliphatic carboxylic acids is 1. The minimum Gasteiger partial charge on any atom is -0.480 e. The molecule has 0 bridgehead atoms. The van der Waals surface area contributed by atoms with Gasteiger partial charge in [0.25, 0.3) is 0 Å². The van der Waals surface area contributed by atoms with Crippen molar-refractivity contribution in [2.45, 2.75) is 51.1 Å². The molecule has 20 heavy (non-hydrogen) atoms. The molecule has 2 aliphatic rings. The fraction of sp³-hybridized carbons (Fsp3) is 0.857. The number of urea groups is 1. The first-order valence-corrected chi connectivity index (χ1v) is 7.58. The van der Waals surface area contributed by atoms with Crippen molar-refractivity contribution in [2.24, 2.45) is 5.92 Å². The average molecular weight is 283 g/mol. The fourth-order valence-electron chi connectivity index (χ4n) is 2.79. The predicted octanol–water partition coefficient (Wildman–Crippen LogP) is 1.02. The lowest BCUT2D eigenvalue weighted by atomic mass is 10.1. The third-order valence-electron chi connectivity index (χ3n) is 4.00. The van der Waals surface area contributed by atoms with Crippen LogP contribution in [0.3, 0.4) is 0 Å². The van der Waals surface area contributed by atoms with Gasteiger partial charge >= 0.3 is 12.0 Å². The van der Waals surface area contributed by atoms with Crippen molar-refractivity contribution in [3.05, 3.63) is 0 Å². The number of amides is 2. The van der Waals surface area contributed by atoms with E-state index in [1.807, 2.05) is 6.92 Å². The third-order valence-corrected chi connectivity index (χ3v) is 4.00. The van der Waals surface area contributed by atoms with E-state index in [0.29, 0.717) is 0 Å². The Morgan fingerprint density at radius 1 is 1.20 bits per heavy atom. The molecule has 2 fully saturated rings. The van der Waals surface area contributed by atoms with Gasteiger partial charge in [-0.2, -0.15) is 0 Å². The molecule has 1 saturated heterocycles. The SMILES string of the molecule is CC(CN1CCCCC1)NC(=O)NC(C(=O)O)C1CC1. The highest BCUT2D eigenvalue weighted by molar-refractivity contribution is 5.83. The smallest absolute Gasteiger partial charge is 0.326 e. The molecule has 0 aromatic carbocycles. The second kappa shape index (κ2) is 6.92. The number of carbonyl (C=O) groups excluding carboxylic acids is 1. The number of carboxylic acids is 1. The molecule has 2 amide bonds. The summed E-state index contributed by atoms with van der Waals surface area (Å²) < 4.78 is 0. The van der Waals surface area contributed by atoms with Crippen LogP contribution in [0.15, 0.2) is 0 Å². The highest BCUT2D eigenvalue weighted by Crippen LogP contribution is 2.32. The van der Waals surface area contributed by atoms with Gasteiger partial charge in [-0.1, -0.05) is 6.42 Å². The van der Waals surface area contributed by atoms with Gasteiger partial charge in [0.05, 0.1) is 0 Å². The van der Waals surface area contributed by atoms with Gasteiger partial charge in [-0.25, -0.2) is 9.59 Å². The number of likely N-dealkylation sites (tertiary alicyclic amines) is 1. The van der Waals surface area contributed by atoms with Gasteiger partial charge in [0, 0.05) is 12.6 Å². The molecule has 2 atom stereocenters. The first-order valence-electron chi connectivity index (χ1n) is 7.58. The van der Waals surface area contributed by atoms with Gasteiger partial charge in [-0.15, -0.1) is 0 Å². The van der Waals surface area contributed by atoms with Crippen LogP contribution in [0.4, 0.5) is 4.79 Å². The zero-order chi connectivity index (χ0) is 14.5. The highest BCUT2D eigenvalue weighted by atomic mass is 16.4. The van der Waals surface area contributed by atoms with Crippen molar-refractivity contribution in [1.82, 2.24) is 15.5 Å². The van der Waals surface area contributed by atoms with E-state index in [0.717, 1.165) is 32.5 Å². The first kappa shape index (κ1) is 15.1. The maximum atomic E-state index is 11.8. The number of rotatable bonds is 6. The lowest BCUT2D eigenvalue weighted by Gasteiger charge is -2.29. The van der Waals surface area contributed by atoms with Crippen LogP contribution in [0.1, 0.15) is 39.0 Å². The van der Waals surface area contributed by atoms with Crippen molar-refractivity contribution in [2.75, 3.05) is 19.6 Å². The average Bonchev–Trinajstić information content (AvgIpc) is 3.20. The molecular formula is C14H25N3O3. The van der Waals surface area contributed by atoms with Gasteiger partial charge in [-0.3, -0.25) is 0 Å². The Balaban J connectivity index is 1.70. The normalized spacial score (nSPS) is 22.9. The molecule has 1 saturated carbocycles. The Labute approximate surface area is 119 Å². The van der Waals surface area contributed by atoms with Gasteiger partial charge in [0.1, 0.15) is 6.04 Å². The highest BCUT2D eigenvalue weighted by Gasteiger charge is 2.37. The molecule has 3 N–H and O–H groups in total. The Bertz CT molecular complexity index is 352. The Morgan fingerprint density at radius 2 is 1.85 bits per heavy atom. The molecule has 0 radical (unpaired) electrons. The first-order chi connectivity index (χ1) is 9.56. The summed E-state index contributed by atoms with van der Waals surface area (Å²) in [4.78, 5) is 25.3. The molecule has 6 nitrogen and oxygen atoms in total. The number of carbonyl (C=O) groups is 2. The number of nitrogens with zero attached hydrogens (tertiary/aromatic N) is 1. The van der Waals surface area contributed by atoms with E-state index in [1.54, 1.807) is 0 Å². The summed E-state index contributed by atoms with van der Waals surface area (Å²) in [5.74, 6) is -0.831. The van der Waals surface area contributed by atoms with Crippen LogP contribution in [0.2, 0.25) is 0 Å². The van der Waals surface area contributed by atoms with Crippen molar-refractivity contribution < 1.29 is 14.7 Å². The summed E-state index contributed by atoms with van der Waals surface area (Å²) in [6.07, 6.45) is 5.52. The zero-order valence-electron chi connectivity index (χ0n) is 12.1. The Morgan fingerprint density at radius 3 is 2.40 bits per heavy atom. The molecule has 1 aliphatic carbocycles. The number of hydrogen-bond acceptors (Lipinski definition) is 3. The minimum atomic E-state index is -0.939. The maximum Gasteiger partial charge on any atom is 0.326 e. The summed E-state index contributed by atoms with van der Waals surface area (Å²) >= 11 is 0. The molecule has 1 aliphatic heterocycles. The lowest BCUT2D eigenvalue weighted by molar-refractivity contribution is -0.139. The van der Waals surface area contributed by atoms with Crippen molar-refractivity contribution >= 4 is 12.0 Å². The van der Waals surface area contributed by atoms with Crippen LogP contribution in [0, 0.1) is 5.92 Å². The van der Waals surface area contributed by atoms with Crippen LogP contribution < -0.4 is 10.6 Å². The summed E-state index contributed by atoms with van der Waals surface area (Å²) in [5, 5.41) is 14.5. The quantitative estimate of drug-likeness (QED) is 0.680. The minimum absolute atomic E-state index is 0.0294. The maximum absolute atomic E-state index is 11.8. The third kappa shape index (κ3) is 4.67. The molecule has 0 aromatic heterocycles. The molecule has 114 valence electrons. The largest absolute Gasteiger partial charge is 0.480 e.